The van der Waals surface area contributed by atoms with Crippen molar-refractivity contribution in [2.24, 2.45) is 0 Å². The van der Waals surface area contributed by atoms with E-state index in [1.807, 2.05) is 0 Å². The molecule has 2 N–H and O–H groups in total. The van der Waals surface area contributed by atoms with Crippen LogP contribution in [0.4, 0.5) is 5.69 Å². The van der Waals surface area contributed by atoms with Gasteiger partial charge in [0.25, 0.3) is 11.8 Å². The molecule has 1 aliphatic rings. The molecule has 0 aliphatic carbocycles. The number of benzene rings is 1. The molecule has 96 valence electrons. The molecule has 2 rings (SSSR count). The Hall–Kier alpha value is -1.59. The molecule has 18 heavy (non-hydrogen) atoms. The van der Waals surface area contributed by atoms with E-state index in [1.165, 1.54) is 7.05 Å². The molecule has 1 atom stereocenters. The summed E-state index contributed by atoms with van der Waals surface area (Å²) in [5.41, 5.74) is 1.47. The van der Waals surface area contributed by atoms with Crippen LogP contribution >= 0.6 is 11.6 Å². The molecule has 1 aromatic rings. The average Bonchev–Trinajstić information content (AvgIpc) is 2.61. The van der Waals surface area contributed by atoms with Crippen molar-refractivity contribution >= 4 is 29.1 Å². The Bertz CT molecular complexity index is 504. The second kappa shape index (κ2) is 4.96. The molecule has 2 amide bonds. The van der Waals surface area contributed by atoms with Crippen molar-refractivity contribution in [1.82, 2.24) is 4.90 Å². The van der Waals surface area contributed by atoms with Crippen LogP contribution in [0.15, 0.2) is 18.2 Å². The number of aliphatic hydroxyl groups is 1. The van der Waals surface area contributed by atoms with Crippen molar-refractivity contribution < 1.29 is 14.7 Å². The van der Waals surface area contributed by atoms with E-state index < -0.39 is 6.10 Å². The predicted molar refractivity (Wildman–Crippen MR) is 68.1 cm³/mol. The summed E-state index contributed by atoms with van der Waals surface area (Å²) in [6.07, 6.45) is -0.653. The maximum absolute atomic E-state index is 11.8. The number of imide groups is 1. The average molecular weight is 269 g/mol. The quantitative estimate of drug-likeness (QED) is 0.629. The smallest absolute Gasteiger partial charge is 0.261 e. The van der Waals surface area contributed by atoms with Crippen LogP contribution in [0.1, 0.15) is 20.7 Å². The van der Waals surface area contributed by atoms with Gasteiger partial charge in [-0.15, -0.1) is 11.6 Å². The van der Waals surface area contributed by atoms with E-state index in [1.54, 1.807) is 18.2 Å². The number of carbonyl (C=O) groups excluding carboxylic acids is 2. The minimum atomic E-state index is -0.653. The summed E-state index contributed by atoms with van der Waals surface area (Å²) in [4.78, 5) is 24.5. The molecule has 1 aromatic carbocycles. The second-order valence-corrected chi connectivity index (χ2v) is 4.43. The Morgan fingerprint density at radius 3 is 2.67 bits per heavy atom. The topological polar surface area (TPSA) is 69.6 Å². The molecule has 0 saturated heterocycles. The highest BCUT2D eigenvalue weighted by Gasteiger charge is 2.32. The fourth-order valence-electron chi connectivity index (χ4n) is 1.76. The van der Waals surface area contributed by atoms with Crippen molar-refractivity contribution in [2.75, 3.05) is 24.8 Å². The van der Waals surface area contributed by atoms with Crippen LogP contribution in [0.2, 0.25) is 0 Å². The largest absolute Gasteiger partial charge is 0.390 e. The van der Waals surface area contributed by atoms with E-state index >= 15 is 0 Å². The summed E-state index contributed by atoms with van der Waals surface area (Å²) < 4.78 is 0. The first-order chi connectivity index (χ1) is 8.54. The number of amides is 2. The Kier molecular flexibility index (Phi) is 3.54. The monoisotopic (exact) mass is 268 g/mol. The zero-order valence-corrected chi connectivity index (χ0v) is 10.6. The lowest BCUT2D eigenvalue weighted by Gasteiger charge is -2.10. The van der Waals surface area contributed by atoms with Crippen molar-refractivity contribution in [3.05, 3.63) is 29.3 Å². The summed E-state index contributed by atoms with van der Waals surface area (Å²) in [5, 5.41) is 12.3. The highest BCUT2D eigenvalue weighted by molar-refractivity contribution is 6.21. The van der Waals surface area contributed by atoms with E-state index in [0.717, 1.165) is 4.90 Å². The molecular weight excluding hydrogens is 256 g/mol. The lowest BCUT2D eigenvalue weighted by molar-refractivity contribution is 0.0693. The first-order valence-corrected chi connectivity index (χ1v) is 6.02. The molecule has 0 radical (unpaired) electrons. The molecule has 0 aromatic heterocycles. The van der Waals surface area contributed by atoms with Crippen LogP contribution in [0.25, 0.3) is 0 Å². The second-order valence-electron chi connectivity index (χ2n) is 4.12. The Morgan fingerprint density at radius 2 is 2.00 bits per heavy atom. The van der Waals surface area contributed by atoms with E-state index in [4.69, 9.17) is 11.6 Å². The number of alkyl halides is 1. The highest BCUT2D eigenvalue weighted by atomic mass is 35.5. The number of nitrogens with one attached hydrogen (secondary N) is 1. The van der Waals surface area contributed by atoms with E-state index in [2.05, 4.69) is 5.32 Å². The van der Waals surface area contributed by atoms with Gasteiger partial charge >= 0.3 is 0 Å². The number of nitrogens with zero attached hydrogens (tertiary/aromatic N) is 1. The molecule has 5 nitrogen and oxygen atoms in total. The third-order valence-electron chi connectivity index (χ3n) is 2.81. The van der Waals surface area contributed by atoms with Gasteiger partial charge in [-0.05, 0) is 18.2 Å². The standard InChI is InChI=1S/C12H13ClN2O3/c1-15-11(17)9-3-2-7(4-10(9)12(15)18)14-6-8(16)5-13/h2-4,8,14,16H,5-6H2,1H3. The summed E-state index contributed by atoms with van der Waals surface area (Å²) in [5.74, 6) is -0.461. The lowest BCUT2D eigenvalue weighted by atomic mass is 10.1. The third-order valence-corrected chi connectivity index (χ3v) is 3.17. The molecule has 0 spiro atoms. The molecule has 1 unspecified atom stereocenters. The third kappa shape index (κ3) is 2.19. The number of anilines is 1. The van der Waals surface area contributed by atoms with Crippen molar-refractivity contribution in [3.63, 3.8) is 0 Å². The summed E-state index contributed by atoms with van der Waals surface area (Å²) >= 11 is 5.48. The molecule has 0 fully saturated rings. The minimum absolute atomic E-state index is 0.137. The number of rotatable bonds is 4. The van der Waals surface area contributed by atoms with Gasteiger partial charge in [0.15, 0.2) is 0 Å². The number of halogens is 1. The van der Waals surface area contributed by atoms with Gasteiger partial charge in [0, 0.05) is 19.3 Å². The summed E-state index contributed by atoms with van der Waals surface area (Å²) in [6, 6.07) is 4.92. The van der Waals surface area contributed by atoms with Crippen LogP contribution in [0.3, 0.4) is 0 Å². The highest BCUT2D eigenvalue weighted by Crippen LogP contribution is 2.24. The normalized spacial score (nSPS) is 15.8. The lowest BCUT2D eigenvalue weighted by Crippen LogP contribution is -2.24. The number of aliphatic hydroxyl groups excluding tert-OH is 1. The zero-order valence-electron chi connectivity index (χ0n) is 9.81. The van der Waals surface area contributed by atoms with Crippen molar-refractivity contribution in [2.45, 2.75) is 6.10 Å². The van der Waals surface area contributed by atoms with Gasteiger partial charge < -0.3 is 10.4 Å². The number of hydrogen-bond donors (Lipinski definition) is 2. The van der Waals surface area contributed by atoms with Gasteiger partial charge in [-0.1, -0.05) is 0 Å². The molecule has 1 heterocycles. The van der Waals surface area contributed by atoms with Gasteiger partial charge in [0.2, 0.25) is 0 Å². The molecular formula is C12H13ClN2O3. The van der Waals surface area contributed by atoms with E-state index in [-0.39, 0.29) is 17.7 Å². The van der Waals surface area contributed by atoms with Gasteiger partial charge in [-0.25, -0.2) is 0 Å². The number of hydrogen-bond acceptors (Lipinski definition) is 4. The van der Waals surface area contributed by atoms with Gasteiger partial charge in [-0.2, -0.15) is 0 Å². The van der Waals surface area contributed by atoms with Gasteiger partial charge in [0.05, 0.1) is 23.1 Å². The Labute approximate surface area is 109 Å². The van der Waals surface area contributed by atoms with Crippen molar-refractivity contribution in [1.29, 1.82) is 0 Å². The van der Waals surface area contributed by atoms with Crippen LogP contribution in [0.5, 0.6) is 0 Å². The number of fused-ring (bicyclic) bond motifs is 1. The fraction of sp³-hybridized carbons (Fsp3) is 0.333. The number of carbonyl (C=O) groups is 2. The molecule has 0 bridgehead atoms. The maximum atomic E-state index is 11.8. The SMILES string of the molecule is CN1C(=O)c2ccc(NCC(O)CCl)cc2C1=O. The zero-order chi connectivity index (χ0) is 13.3. The first-order valence-electron chi connectivity index (χ1n) is 5.49. The molecule has 6 heteroatoms. The van der Waals surface area contributed by atoms with Crippen LogP contribution in [-0.4, -0.2) is 47.4 Å². The van der Waals surface area contributed by atoms with Gasteiger partial charge in [-0.3, -0.25) is 14.5 Å². The van der Waals surface area contributed by atoms with Crippen LogP contribution < -0.4 is 5.32 Å². The van der Waals surface area contributed by atoms with Gasteiger partial charge in [0.1, 0.15) is 0 Å². The van der Waals surface area contributed by atoms with Crippen molar-refractivity contribution in [3.8, 4) is 0 Å². The fourth-order valence-corrected chi connectivity index (χ4v) is 1.87. The molecule has 1 aliphatic heterocycles. The summed E-state index contributed by atoms with van der Waals surface area (Å²) in [6.45, 7) is 0.292. The molecule has 0 saturated carbocycles. The van der Waals surface area contributed by atoms with E-state index in [0.29, 0.717) is 23.4 Å². The predicted octanol–water partition coefficient (Wildman–Crippen LogP) is 0.924. The van der Waals surface area contributed by atoms with Crippen LogP contribution in [0, 0.1) is 0 Å². The maximum Gasteiger partial charge on any atom is 0.261 e. The Morgan fingerprint density at radius 1 is 1.33 bits per heavy atom. The van der Waals surface area contributed by atoms with Crippen LogP contribution in [-0.2, 0) is 0 Å². The van der Waals surface area contributed by atoms with E-state index in [9.17, 15) is 14.7 Å². The Balaban J connectivity index is 2.19. The first kappa shape index (κ1) is 12.9. The summed E-state index contributed by atoms with van der Waals surface area (Å²) in [7, 11) is 1.45. The minimum Gasteiger partial charge on any atom is -0.390 e.